The number of phenolic OH excluding ortho intramolecular Hbond substituents is 1. The maximum Gasteiger partial charge on any atom is 0.154 e. The van der Waals surface area contributed by atoms with Crippen molar-refractivity contribution in [3.8, 4) is 5.75 Å². The first-order valence-corrected chi connectivity index (χ1v) is 6.61. The highest BCUT2D eigenvalue weighted by Crippen LogP contribution is 2.32. The fourth-order valence-corrected chi connectivity index (χ4v) is 2.50. The van der Waals surface area contributed by atoms with E-state index in [9.17, 15) is 5.11 Å². The fraction of sp³-hybridized carbons (Fsp3) is 0.214. The molecule has 0 aliphatic carbocycles. The number of nitrogens with zero attached hydrogens (tertiary/aromatic N) is 1. The van der Waals surface area contributed by atoms with Crippen molar-refractivity contribution in [3.05, 3.63) is 51.8 Å². The van der Waals surface area contributed by atoms with Crippen LogP contribution in [0, 0.1) is 6.92 Å². The molecule has 0 aliphatic rings. The summed E-state index contributed by atoms with van der Waals surface area (Å²) in [5.74, 6) is 0.248. The van der Waals surface area contributed by atoms with E-state index < -0.39 is 0 Å². The van der Waals surface area contributed by atoms with E-state index in [1.54, 1.807) is 18.2 Å². The van der Waals surface area contributed by atoms with Gasteiger partial charge in [-0.2, -0.15) is 0 Å². The van der Waals surface area contributed by atoms with Crippen LogP contribution in [-0.4, -0.2) is 10.1 Å². The first-order valence-electron chi connectivity index (χ1n) is 5.86. The Morgan fingerprint density at radius 3 is 2.58 bits per heavy atom. The molecule has 2 aromatic rings. The number of aromatic hydroxyl groups is 1. The predicted octanol–water partition coefficient (Wildman–Crippen LogP) is 4.58. The van der Waals surface area contributed by atoms with E-state index in [-0.39, 0.29) is 11.8 Å². The van der Waals surface area contributed by atoms with E-state index >= 15 is 0 Å². The Balaban J connectivity index is 2.29. The van der Waals surface area contributed by atoms with Crippen LogP contribution in [-0.2, 0) is 0 Å². The molecule has 2 rings (SSSR count). The maximum atomic E-state index is 9.83. The van der Waals surface area contributed by atoms with Gasteiger partial charge in [0.05, 0.1) is 11.7 Å². The van der Waals surface area contributed by atoms with Crippen LogP contribution in [0.1, 0.15) is 24.1 Å². The molecule has 1 aromatic heterocycles. The van der Waals surface area contributed by atoms with Crippen molar-refractivity contribution in [2.45, 2.75) is 19.9 Å². The molecule has 2 N–H and O–H groups in total. The second kappa shape index (κ2) is 5.68. The zero-order chi connectivity index (χ0) is 14.0. The topological polar surface area (TPSA) is 45.2 Å². The molecule has 19 heavy (non-hydrogen) atoms. The Morgan fingerprint density at radius 2 is 1.95 bits per heavy atom. The summed E-state index contributed by atoms with van der Waals surface area (Å²) in [7, 11) is 0. The molecule has 1 unspecified atom stereocenters. The van der Waals surface area contributed by atoms with Gasteiger partial charge < -0.3 is 10.4 Å². The molecule has 0 saturated heterocycles. The van der Waals surface area contributed by atoms with Gasteiger partial charge in [-0.05, 0) is 31.5 Å². The van der Waals surface area contributed by atoms with Gasteiger partial charge in [0.25, 0.3) is 0 Å². The average Bonchev–Trinajstić information content (AvgIpc) is 2.34. The number of hydrogen-bond donors (Lipinski definition) is 2. The van der Waals surface area contributed by atoms with E-state index in [0.717, 1.165) is 16.8 Å². The second-order valence-corrected chi connectivity index (χ2v) is 5.10. The van der Waals surface area contributed by atoms with Gasteiger partial charge in [0.1, 0.15) is 10.9 Å². The molecule has 0 radical (unpaired) electrons. The van der Waals surface area contributed by atoms with Crippen LogP contribution in [0.25, 0.3) is 0 Å². The SMILES string of the molecule is Cc1cc(Cl)nc(Cl)c1NC(C)c1ccccc1O. The number of anilines is 1. The number of rotatable bonds is 3. The molecule has 5 heteroatoms. The first-order chi connectivity index (χ1) is 8.99. The zero-order valence-corrected chi connectivity index (χ0v) is 12.1. The first kappa shape index (κ1) is 14.0. The average molecular weight is 297 g/mol. The third-order valence-electron chi connectivity index (χ3n) is 2.91. The molecule has 100 valence electrons. The third-order valence-corrected chi connectivity index (χ3v) is 3.37. The van der Waals surface area contributed by atoms with Crippen molar-refractivity contribution in [1.29, 1.82) is 0 Å². The number of aromatic nitrogens is 1. The van der Waals surface area contributed by atoms with E-state index in [2.05, 4.69) is 10.3 Å². The Labute approximate surface area is 122 Å². The molecule has 3 nitrogen and oxygen atoms in total. The van der Waals surface area contributed by atoms with Crippen molar-refractivity contribution in [3.63, 3.8) is 0 Å². The molecule has 0 bridgehead atoms. The van der Waals surface area contributed by atoms with Gasteiger partial charge in [0.15, 0.2) is 5.15 Å². The lowest BCUT2D eigenvalue weighted by Gasteiger charge is -2.19. The van der Waals surface area contributed by atoms with Crippen molar-refractivity contribution < 1.29 is 5.11 Å². The van der Waals surface area contributed by atoms with E-state index in [4.69, 9.17) is 23.2 Å². The smallest absolute Gasteiger partial charge is 0.154 e. The summed E-state index contributed by atoms with van der Waals surface area (Å²) in [5, 5.41) is 13.8. The summed E-state index contributed by atoms with van der Waals surface area (Å²) in [6.07, 6.45) is 0. The molecule has 1 atom stereocenters. The fourth-order valence-electron chi connectivity index (χ4n) is 1.92. The van der Waals surface area contributed by atoms with Crippen LogP contribution in [0.4, 0.5) is 5.69 Å². The lowest BCUT2D eigenvalue weighted by molar-refractivity contribution is 0.465. The number of halogens is 2. The number of benzene rings is 1. The summed E-state index contributed by atoms with van der Waals surface area (Å²) in [6.45, 7) is 3.85. The monoisotopic (exact) mass is 296 g/mol. The predicted molar refractivity (Wildman–Crippen MR) is 79.1 cm³/mol. The van der Waals surface area contributed by atoms with E-state index in [1.807, 2.05) is 26.0 Å². The third kappa shape index (κ3) is 3.11. The summed E-state index contributed by atoms with van der Waals surface area (Å²) >= 11 is 11.9. The van der Waals surface area contributed by atoms with Crippen molar-refractivity contribution >= 4 is 28.9 Å². The van der Waals surface area contributed by atoms with E-state index in [1.165, 1.54) is 0 Å². The summed E-state index contributed by atoms with van der Waals surface area (Å²) in [4.78, 5) is 4.01. The van der Waals surface area contributed by atoms with Crippen LogP contribution >= 0.6 is 23.2 Å². The standard InChI is InChI=1S/C14H14Cl2N2O/c1-8-7-12(15)18-14(16)13(8)17-9(2)10-5-3-4-6-11(10)19/h3-7,9,17,19H,1-2H3. The number of aryl methyl sites for hydroxylation is 1. The Morgan fingerprint density at radius 1 is 1.26 bits per heavy atom. The second-order valence-electron chi connectivity index (χ2n) is 4.35. The number of nitrogens with one attached hydrogen (secondary N) is 1. The van der Waals surface area contributed by atoms with Crippen LogP contribution < -0.4 is 5.32 Å². The van der Waals surface area contributed by atoms with Gasteiger partial charge in [-0.3, -0.25) is 0 Å². The summed E-state index contributed by atoms with van der Waals surface area (Å²) in [6, 6.07) is 8.82. The van der Waals surface area contributed by atoms with Crippen LogP contribution in [0.15, 0.2) is 30.3 Å². The van der Waals surface area contributed by atoms with Gasteiger partial charge >= 0.3 is 0 Å². The Bertz CT molecular complexity index is 579. The molecule has 0 fully saturated rings. The largest absolute Gasteiger partial charge is 0.508 e. The number of para-hydroxylation sites is 1. The molecule has 0 saturated carbocycles. The quantitative estimate of drug-likeness (QED) is 0.815. The Kier molecular flexibility index (Phi) is 4.17. The van der Waals surface area contributed by atoms with Gasteiger partial charge in [-0.25, -0.2) is 4.98 Å². The highest BCUT2D eigenvalue weighted by molar-refractivity contribution is 6.34. The van der Waals surface area contributed by atoms with Crippen LogP contribution in [0.3, 0.4) is 0 Å². The van der Waals surface area contributed by atoms with Gasteiger partial charge in [0.2, 0.25) is 0 Å². The highest BCUT2D eigenvalue weighted by Gasteiger charge is 2.14. The minimum absolute atomic E-state index is 0.0969. The molecule has 0 amide bonds. The molecule has 1 aromatic carbocycles. The van der Waals surface area contributed by atoms with Gasteiger partial charge in [-0.1, -0.05) is 41.4 Å². The zero-order valence-electron chi connectivity index (χ0n) is 10.6. The maximum absolute atomic E-state index is 9.83. The van der Waals surface area contributed by atoms with Gasteiger partial charge in [0, 0.05) is 5.56 Å². The van der Waals surface area contributed by atoms with Crippen molar-refractivity contribution in [1.82, 2.24) is 4.98 Å². The van der Waals surface area contributed by atoms with Crippen LogP contribution in [0.2, 0.25) is 10.3 Å². The lowest BCUT2D eigenvalue weighted by Crippen LogP contribution is -2.09. The van der Waals surface area contributed by atoms with Crippen LogP contribution in [0.5, 0.6) is 5.75 Å². The normalized spacial score (nSPS) is 12.2. The minimum atomic E-state index is -0.0969. The summed E-state index contributed by atoms with van der Waals surface area (Å²) in [5.41, 5.74) is 2.43. The highest BCUT2D eigenvalue weighted by atomic mass is 35.5. The molecular weight excluding hydrogens is 283 g/mol. The minimum Gasteiger partial charge on any atom is -0.508 e. The molecule has 0 spiro atoms. The van der Waals surface area contributed by atoms with E-state index in [0.29, 0.717) is 10.3 Å². The van der Waals surface area contributed by atoms with Crippen molar-refractivity contribution in [2.24, 2.45) is 0 Å². The molecular formula is C14H14Cl2N2O. The molecule has 0 aliphatic heterocycles. The number of hydrogen-bond acceptors (Lipinski definition) is 3. The van der Waals surface area contributed by atoms with Gasteiger partial charge in [-0.15, -0.1) is 0 Å². The lowest BCUT2D eigenvalue weighted by atomic mass is 10.1. The number of pyridine rings is 1. The van der Waals surface area contributed by atoms with Crippen molar-refractivity contribution in [2.75, 3.05) is 5.32 Å². The Hall–Kier alpha value is -1.45. The number of phenols is 1. The molecule has 1 heterocycles. The summed E-state index contributed by atoms with van der Waals surface area (Å²) < 4.78 is 0.